The van der Waals surface area contributed by atoms with E-state index in [1.807, 2.05) is 20.8 Å². The van der Waals surface area contributed by atoms with E-state index in [4.69, 9.17) is 0 Å². The van der Waals surface area contributed by atoms with Crippen LogP contribution in [-0.4, -0.2) is 43.4 Å². The monoisotopic (exact) mass is 256 g/mol. The van der Waals surface area contributed by atoms with Crippen molar-refractivity contribution >= 4 is 30.6 Å². The van der Waals surface area contributed by atoms with Crippen molar-refractivity contribution in [3.63, 3.8) is 0 Å². The van der Waals surface area contributed by atoms with Gasteiger partial charge < -0.3 is 5.32 Å². The van der Waals surface area contributed by atoms with Crippen molar-refractivity contribution in [3.05, 3.63) is 0 Å². The van der Waals surface area contributed by atoms with Crippen LogP contribution >= 0.6 is 24.8 Å². The number of rotatable bonds is 2. The average molecular weight is 257 g/mol. The second-order valence-corrected chi connectivity index (χ2v) is 4.70. The van der Waals surface area contributed by atoms with Crippen LogP contribution in [0.5, 0.6) is 0 Å². The fourth-order valence-electron chi connectivity index (χ4n) is 1.31. The van der Waals surface area contributed by atoms with Gasteiger partial charge in [-0.1, -0.05) is 20.8 Å². The number of hydrogen-bond donors (Lipinski definition) is 1. The third-order valence-electron chi connectivity index (χ3n) is 2.41. The number of Topliss-reactive ketones (excluding diaryl/α,β-unsaturated/α-hetero) is 1. The van der Waals surface area contributed by atoms with Crippen molar-refractivity contribution < 1.29 is 4.79 Å². The van der Waals surface area contributed by atoms with Gasteiger partial charge in [-0.2, -0.15) is 0 Å². The number of carbonyl (C=O) groups excluding carboxylic acids is 1. The molecule has 0 atom stereocenters. The maximum atomic E-state index is 11.7. The first-order chi connectivity index (χ1) is 6.00. The van der Waals surface area contributed by atoms with Crippen LogP contribution < -0.4 is 5.32 Å². The molecule has 0 aromatic heterocycles. The zero-order valence-electron chi connectivity index (χ0n) is 9.71. The first-order valence-electron chi connectivity index (χ1n) is 4.96. The van der Waals surface area contributed by atoms with E-state index in [1.54, 1.807) is 0 Å². The highest BCUT2D eigenvalue weighted by Crippen LogP contribution is 2.15. The van der Waals surface area contributed by atoms with Crippen molar-refractivity contribution in [2.24, 2.45) is 5.41 Å². The largest absolute Gasteiger partial charge is 0.314 e. The predicted octanol–water partition coefficient (Wildman–Crippen LogP) is 1.35. The van der Waals surface area contributed by atoms with Gasteiger partial charge in [0.25, 0.3) is 0 Å². The molecule has 0 bridgehead atoms. The third kappa shape index (κ3) is 6.36. The summed E-state index contributed by atoms with van der Waals surface area (Å²) in [7, 11) is 0. The second kappa shape index (κ2) is 7.44. The SMILES string of the molecule is CC(C)(C)C(=O)CN1CCNCC1.Cl.Cl. The zero-order chi connectivity index (χ0) is 9.90. The fourth-order valence-corrected chi connectivity index (χ4v) is 1.31. The molecular weight excluding hydrogens is 235 g/mol. The van der Waals surface area contributed by atoms with Crippen molar-refractivity contribution in [2.45, 2.75) is 20.8 Å². The third-order valence-corrected chi connectivity index (χ3v) is 2.41. The number of carbonyl (C=O) groups is 1. The molecule has 0 aromatic carbocycles. The summed E-state index contributed by atoms with van der Waals surface area (Å²) in [6.07, 6.45) is 0. The molecule has 5 heteroatoms. The Morgan fingerprint density at radius 3 is 2.07 bits per heavy atom. The molecule has 0 amide bonds. The molecular formula is C10H22Cl2N2O. The summed E-state index contributed by atoms with van der Waals surface area (Å²) < 4.78 is 0. The van der Waals surface area contributed by atoms with Crippen LogP contribution in [0, 0.1) is 5.41 Å². The molecule has 92 valence electrons. The van der Waals surface area contributed by atoms with Gasteiger partial charge in [0.1, 0.15) is 0 Å². The van der Waals surface area contributed by atoms with Crippen molar-refractivity contribution in [1.29, 1.82) is 0 Å². The van der Waals surface area contributed by atoms with Crippen molar-refractivity contribution in [2.75, 3.05) is 32.7 Å². The lowest BCUT2D eigenvalue weighted by Crippen LogP contribution is -2.47. The van der Waals surface area contributed by atoms with E-state index in [1.165, 1.54) is 0 Å². The van der Waals surface area contributed by atoms with E-state index >= 15 is 0 Å². The molecule has 15 heavy (non-hydrogen) atoms. The first-order valence-corrected chi connectivity index (χ1v) is 4.96. The highest BCUT2D eigenvalue weighted by Gasteiger charge is 2.23. The highest BCUT2D eigenvalue weighted by atomic mass is 35.5. The molecule has 1 N–H and O–H groups in total. The van der Waals surface area contributed by atoms with Crippen LogP contribution in [0.25, 0.3) is 0 Å². The second-order valence-electron chi connectivity index (χ2n) is 4.70. The maximum absolute atomic E-state index is 11.7. The van der Waals surface area contributed by atoms with E-state index in [0.717, 1.165) is 26.2 Å². The number of hydrogen-bond acceptors (Lipinski definition) is 3. The summed E-state index contributed by atoms with van der Waals surface area (Å²) >= 11 is 0. The maximum Gasteiger partial charge on any atom is 0.152 e. The van der Waals surface area contributed by atoms with E-state index in [2.05, 4.69) is 10.2 Å². The fraction of sp³-hybridized carbons (Fsp3) is 0.900. The van der Waals surface area contributed by atoms with Gasteiger partial charge in [0.2, 0.25) is 0 Å². The average Bonchev–Trinajstić information content (AvgIpc) is 2.04. The summed E-state index contributed by atoms with van der Waals surface area (Å²) in [6.45, 7) is 10.6. The molecule has 1 saturated heterocycles. The Morgan fingerprint density at radius 2 is 1.67 bits per heavy atom. The minimum atomic E-state index is -0.190. The van der Waals surface area contributed by atoms with Gasteiger partial charge in [-0.05, 0) is 0 Å². The van der Waals surface area contributed by atoms with E-state index in [-0.39, 0.29) is 30.2 Å². The number of halogens is 2. The van der Waals surface area contributed by atoms with Gasteiger partial charge in [-0.25, -0.2) is 0 Å². The Kier molecular flexibility index (Phi) is 8.72. The Balaban J connectivity index is 0. The Morgan fingerprint density at radius 1 is 1.20 bits per heavy atom. The first kappa shape index (κ1) is 17.6. The predicted molar refractivity (Wildman–Crippen MR) is 68.3 cm³/mol. The molecule has 0 aromatic rings. The van der Waals surface area contributed by atoms with E-state index in [0.29, 0.717) is 12.3 Å². The van der Waals surface area contributed by atoms with Gasteiger partial charge in [-0.3, -0.25) is 9.69 Å². The summed E-state index contributed by atoms with van der Waals surface area (Å²) in [5.41, 5.74) is -0.190. The highest BCUT2D eigenvalue weighted by molar-refractivity contribution is 5.86. The van der Waals surface area contributed by atoms with Crippen LogP contribution in [0.3, 0.4) is 0 Å². The van der Waals surface area contributed by atoms with Gasteiger partial charge in [0.05, 0.1) is 6.54 Å². The van der Waals surface area contributed by atoms with Crippen LogP contribution in [0.1, 0.15) is 20.8 Å². The van der Waals surface area contributed by atoms with Crippen LogP contribution in [-0.2, 0) is 4.79 Å². The summed E-state index contributed by atoms with van der Waals surface area (Å²) in [4.78, 5) is 13.9. The zero-order valence-corrected chi connectivity index (χ0v) is 11.3. The molecule has 0 saturated carbocycles. The van der Waals surface area contributed by atoms with Crippen LogP contribution in [0.2, 0.25) is 0 Å². The van der Waals surface area contributed by atoms with Gasteiger partial charge in [0, 0.05) is 31.6 Å². The van der Waals surface area contributed by atoms with Crippen molar-refractivity contribution in [1.82, 2.24) is 10.2 Å². The smallest absolute Gasteiger partial charge is 0.152 e. The lowest BCUT2D eigenvalue weighted by Gasteiger charge is -2.29. The molecule has 0 unspecified atom stereocenters. The Hall–Kier alpha value is 0.170. The topological polar surface area (TPSA) is 32.3 Å². The molecule has 1 aliphatic rings. The quantitative estimate of drug-likeness (QED) is 0.810. The molecule has 0 radical (unpaired) electrons. The number of nitrogens with zero attached hydrogens (tertiary/aromatic N) is 1. The summed E-state index contributed by atoms with van der Waals surface area (Å²) in [5.74, 6) is 0.342. The lowest BCUT2D eigenvalue weighted by atomic mass is 9.90. The standard InChI is InChI=1S/C10H20N2O.2ClH/c1-10(2,3)9(13)8-12-6-4-11-5-7-12;;/h11H,4-8H2,1-3H3;2*1H. The van der Waals surface area contributed by atoms with Crippen LogP contribution in [0.4, 0.5) is 0 Å². The van der Waals surface area contributed by atoms with E-state index in [9.17, 15) is 4.79 Å². The molecule has 1 aliphatic heterocycles. The number of nitrogens with one attached hydrogen (secondary N) is 1. The normalized spacial score (nSPS) is 17.5. The molecule has 1 fully saturated rings. The summed E-state index contributed by atoms with van der Waals surface area (Å²) in [6, 6.07) is 0. The minimum absolute atomic E-state index is 0. The van der Waals surface area contributed by atoms with Gasteiger partial charge in [0.15, 0.2) is 5.78 Å². The molecule has 3 nitrogen and oxygen atoms in total. The molecule has 1 rings (SSSR count). The summed E-state index contributed by atoms with van der Waals surface area (Å²) in [5, 5.41) is 3.27. The Labute approximate surface area is 105 Å². The molecule has 0 spiro atoms. The van der Waals surface area contributed by atoms with Crippen LogP contribution in [0.15, 0.2) is 0 Å². The number of ketones is 1. The van der Waals surface area contributed by atoms with E-state index < -0.39 is 0 Å². The van der Waals surface area contributed by atoms with Crippen molar-refractivity contribution in [3.8, 4) is 0 Å². The van der Waals surface area contributed by atoms with Gasteiger partial charge >= 0.3 is 0 Å². The Bertz CT molecular complexity index is 186. The molecule has 0 aliphatic carbocycles. The lowest BCUT2D eigenvalue weighted by molar-refractivity contribution is -0.127. The van der Waals surface area contributed by atoms with Gasteiger partial charge in [-0.15, -0.1) is 24.8 Å². The molecule has 1 heterocycles. The minimum Gasteiger partial charge on any atom is -0.314 e. The number of piperazine rings is 1.